The molecule has 1 N–H and O–H groups in total. The number of halogens is 3. The summed E-state index contributed by atoms with van der Waals surface area (Å²) in [6.45, 7) is -0.0708. The molecule has 136 valence electrons. The lowest BCUT2D eigenvalue weighted by Crippen LogP contribution is -2.25. The van der Waals surface area contributed by atoms with Crippen LogP contribution in [0.2, 0.25) is 0 Å². The molecule has 2 rings (SSSR count). The average Bonchev–Trinajstić information content (AvgIpc) is 3.01. The molecule has 0 saturated heterocycles. The van der Waals surface area contributed by atoms with Crippen molar-refractivity contribution in [1.29, 1.82) is 0 Å². The fourth-order valence-electron chi connectivity index (χ4n) is 1.96. The number of hydrogen-bond acceptors (Lipinski definition) is 4. The van der Waals surface area contributed by atoms with Gasteiger partial charge >= 0.3 is 6.18 Å². The zero-order valence-corrected chi connectivity index (χ0v) is 14.9. The highest BCUT2D eigenvalue weighted by Gasteiger charge is 2.34. The molecule has 0 spiro atoms. The number of rotatable bonds is 5. The van der Waals surface area contributed by atoms with E-state index in [-0.39, 0.29) is 10.8 Å². The first-order chi connectivity index (χ1) is 11.5. The summed E-state index contributed by atoms with van der Waals surface area (Å²) in [6.07, 6.45) is -4.64. The molecule has 0 unspecified atom stereocenters. The van der Waals surface area contributed by atoms with Crippen LogP contribution >= 0.6 is 11.3 Å². The van der Waals surface area contributed by atoms with E-state index < -0.39 is 33.2 Å². The van der Waals surface area contributed by atoms with Crippen LogP contribution in [-0.4, -0.2) is 32.7 Å². The van der Waals surface area contributed by atoms with Gasteiger partial charge in [0, 0.05) is 19.0 Å². The summed E-state index contributed by atoms with van der Waals surface area (Å²) < 4.78 is 63.9. The average molecular weight is 392 g/mol. The van der Waals surface area contributed by atoms with Gasteiger partial charge in [0.1, 0.15) is 4.21 Å². The number of nitrogens with one attached hydrogen (secondary N) is 1. The minimum atomic E-state index is -4.64. The van der Waals surface area contributed by atoms with E-state index in [0.29, 0.717) is 4.88 Å². The number of thiophene rings is 1. The van der Waals surface area contributed by atoms with Crippen molar-refractivity contribution in [3.05, 3.63) is 52.4 Å². The molecule has 1 heterocycles. The van der Waals surface area contributed by atoms with Crippen molar-refractivity contribution < 1.29 is 26.4 Å². The van der Waals surface area contributed by atoms with Gasteiger partial charge in [-0.1, -0.05) is 12.1 Å². The van der Waals surface area contributed by atoms with Crippen LogP contribution in [0.5, 0.6) is 0 Å². The predicted octanol–water partition coefficient (Wildman–Crippen LogP) is 2.95. The van der Waals surface area contributed by atoms with Crippen molar-refractivity contribution in [3.8, 4) is 0 Å². The molecule has 5 nitrogen and oxygen atoms in total. The van der Waals surface area contributed by atoms with E-state index in [0.717, 1.165) is 27.8 Å². The maximum absolute atomic E-state index is 12.9. The fourth-order valence-corrected chi connectivity index (χ4v) is 4.43. The standard InChI is InChI=1S/C15H15F3N2O3S2/c1-20(2)25(22,23)13-8-7-10(24-13)9-19-14(21)11-5-3-4-6-12(11)15(16,17)18/h3-8H,9H2,1-2H3,(H,19,21). The van der Waals surface area contributed by atoms with Crippen molar-refractivity contribution in [2.45, 2.75) is 16.9 Å². The summed E-state index contributed by atoms with van der Waals surface area (Å²) >= 11 is 0.948. The maximum atomic E-state index is 12.9. The Morgan fingerprint density at radius 2 is 1.80 bits per heavy atom. The molecule has 2 aromatic rings. The van der Waals surface area contributed by atoms with E-state index in [1.54, 1.807) is 0 Å². The van der Waals surface area contributed by atoms with Crippen LogP contribution in [0.25, 0.3) is 0 Å². The van der Waals surface area contributed by atoms with Crippen LogP contribution in [0.4, 0.5) is 13.2 Å². The van der Waals surface area contributed by atoms with Gasteiger partial charge in [-0.2, -0.15) is 13.2 Å². The first kappa shape index (κ1) is 19.4. The van der Waals surface area contributed by atoms with Crippen LogP contribution in [0.15, 0.2) is 40.6 Å². The Kier molecular flexibility index (Phi) is 5.55. The summed E-state index contributed by atoms with van der Waals surface area (Å²) in [5.41, 5.74) is -1.50. The lowest BCUT2D eigenvalue weighted by atomic mass is 10.1. The van der Waals surface area contributed by atoms with Crippen molar-refractivity contribution >= 4 is 27.3 Å². The minimum Gasteiger partial charge on any atom is -0.347 e. The topological polar surface area (TPSA) is 66.5 Å². The van der Waals surface area contributed by atoms with Crippen LogP contribution < -0.4 is 5.32 Å². The van der Waals surface area contributed by atoms with Gasteiger partial charge in [0.2, 0.25) is 0 Å². The van der Waals surface area contributed by atoms with Gasteiger partial charge < -0.3 is 5.32 Å². The minimum absolute atomic E-state index is 0.0708. The largest absolute Gasteiger partial charge is 0.417 e. The van der Waals surface area contributed by atoms with E-state index in [1.807, 2.05) is 0 Å². The molecule has 0 saturated carbocycles. The number of nitrogens with zero attached hydrogens (tertiary/aromatic N) is 1. The molecule has 0 radical (unpaired) electrons. The lowest BCUT2D eigenvalue weighted by Gasteiger charge is -2.12. The molecule has 1 aromatic heterocycles. The summed E-state index contributed by atoms with van der Waals surface area (Å²) in [5, 5.41) is 2.38. The van der Waals surface area contributed by atoms with Gasteiger partial charge in [-0.3, -0.25) is 4.79 Å². The third kappa shape index (κ3) is 4.39. The summed E-state index contributed by atoms with van der Waals surface area (Å²) in [7, 11) is -0.796. The smallest absolute Gasteiger partial charge is 0.347 e. The second-order valence-electron chi connectivity index (χ2n) is 5.23. The second kappa shape index (κ2) is 7.14. The van der Waals surface area contributed by atoms with Crippen molar-refractivity contribution in [3.63, 3.8) is 0 Å². The van der Waals surface area contributed by atoms with Gasteiger partial charge in [0.25, 0.3) is 15.9 Å². The highest BCUT2D eigenvalue weighted by atomic mass is 32.2. The number of amides is 1. The van der Waals surface area contributed by atoms with Gasteiger partial charge in [0.05, 0.1) is 17.7 Å². The zero-order chi connectivity index (χ0) is 18.8. The molecule has 25 heavy (non-hydrogen) atoms. The van der Waals surface area contributed by atoms with Crippen LogP contribution in [0, 0.1) is 0 Å². The number of hydrogen-bond donors (Lipinski definition) is 1. The maximum Gasteiger partial charge on any atom is 0.417 e. The summed E-state index contributed by atoms with van der Waals surface area (Å²) in [6, 6.07) is 7.38. The molecule has 0 bridgehead atoms. The molecule has 0 aliphatic heterocycles. The highest BCUT2D eigenvalue weighted by Crippen LogP contribution is 2.32. The Morgan fingerprint density at radius 3 is 2.40 bits per heavy atom. The van der Waals surface area contributed by atoms with Crippen LogP contribution in [0.3, 0.4) is 0 Å². The highest BCUT2D eigenvalue weighted by molar-refractivity contribution is 7.91. The second-order valence-corrected chi connectivity index (χ2v) is 8.78. The molecule has 0 fully saturated rings. The number of alkyl halides is 3. The van der Waals surface area contributed by atoms with Gasteiger partial charge in [-0.25, -0.2) is 12.7 Å². The Hall–Kier alpha value is -1.91. The quantitative estimate of drug-likeness (QED) is 0.851. The number of carbonyl (C=O) groups excluding carboxylic acids is 1. The first-order valence-electron chi connectivity index (χ1n) is 6.99. The van der Waals surface area contributed by atoms with Gasteiger partial charge in [-0.05, 0) is 24.3 Å². The monoisotopic (exact) mass is 392 g/mol. The third-order valence-electron chi connectivity index (χ3n) is 3.27. The Bertz CT molecular complexity index is 874. The van der Waals surface area contributed by atoms with Crippen LogP contribution in [0.1, 0.15) is 20.8 Å². The van der Waals surface area contributed by atoms with E-state index >= 15 is 0 Å². The molecular weight excluding hydrogens is 377 g/mol. The number of benzene rings is 1. The molecule has 0 aliphatic rings. The number of sulfonamides is 1. The third-order valence-corrected chi connectivity index (χ3v) is 6.64. The van der Waals surface area contributed by atoms with E-state index in [1.165, 1.54) is 38.4 Å². The van der Waals surface area contributed by atoms with Crippen molar-refractivity contribution in [1.82, 2.24) is 9.62 Å². The molecule has 10 heteroatoms. The summed E-state index contributed by atoms with van der Waals surface area (Å²) in [4.78, 5) is 12.6. The molecule has 0 aliphatic carbocycles. The molecule has 1 aromatic carbocycles. The number of carbonyl (C=O) groups is 1. The SMILES string of the molecule is CN(C)S(=O)(=O)c1ccc(CNC(=O)c2ccccc2C(F)(F)F)s1. The summed E-state index contributed by atoms with van der Waals surface area (Å²) in [5.74, 6) is -0.877. The van der Waals surface area contributed by atoms with Crippen molar-refractivity contribution in [2.24, 2.45) is 0 Å². The molecular formula is C15H15F3N2O3S2. The fraction of sp³-hybridized carbons (Fsp3) is 0.267. The molecule has 0 atom stereocenters. The van der Waals surface area contributed by atoms with E-state index in [2.05, 4.69) is 5.32 Å². The predicted molar refractivity (Wildman–Crippen MR) is 87.8 cm³/mol. The van der Waals surface area contributed by atoms with Gasteiger partial charge in [0.15, 0.2) is 0 Å². The Balaban J connectivity index is 2.14. The normalized spacial score (nSPS) is 12.4. The first-order valence-corrected chi connectivity index (χ1v) is 9.25. The molecule has 1 amide bonds. The van der Waals surface area contributed by atoms with Gasteiger partial charge in [-0.15, -0.1) is 11.3 Å². The Labute approximate surface area is 147 Å². The Morgan fingerprint density at radius 1 is 1.16 bits per heavy atom. The van der Waals surface area contributed by atoms with E-state index in [4.69, 9.17) is 0 Å². The van der Waals surface area contributed by atoms with Crippen LogP contribution in [-0.2, 0) is 22.7 Å². The van der Waals surface area contributed by atoms with Crippen molar-refractivity contribution in [2.75, 3.05) is 14.1 Å². The van der Waals surface area contributed by atoms with E-state index in [9.17, 15) is 26.4 Å². The lowest BCUT2D eigenvalue weighted by molar-refractivity contribution is -0.137. The zero-order valence-electron chi connectivity index (χ0n) is 13.3.